The lowest BCUT2D eigenvalue weighted by molar-refractivity contribution is 0.0680. The SMILES string of the molecule is CCCC1C2CC(CO)C(C2)C1(C)C#N. The van der Waals surface area contributed by atoms with E-state index in [0.717, 1.165) is 6.42 Å². The molecule has 84 valence electrons. The van der Waals surface area contributed by atoms with Crippen LogP contribution in [0.1, 0.15) is 39.5 Å². The molecule has 0 spiro atoms. The van der Waals surface area contributed by atoms with Gasteiger partial charge in [-0.2, -0.15) is 5.26 Å². The van der Waals surface area contributed by atoms with E-state index in [1.807, 2.05) is 0 Å². The molecule has 0 aliphatic heterocycles. The fourth-order valence-electron chi connectivity index (χ4n) is 4.21. The smallest absolute Gasteiger partial charge is 0.0692 e. The third kappa shape index (κ3) is 1.40. The van der Waals surface area contributed by atoms with Crippen molar-refractivity contribution in [3.05, 3.63) is 0 Å². The van der Waals surface area contributed by atoms with Crippen molar-refractivity contribution in [3.63, 3.8) is 0 Å². The first-order chi connectivity index (χ1) is 7.17. The number of fused-ring (bicyclic) bond motifs is 2. The Bertz CT molecular complexity index is 279. The van der Waals surface area contributed by atoms with Gasteiger partial charge < -0.3 is 5.11 Å². The average molecular weight is 207 g/mol. The highest BCUT2D eigenvalue weighted by molar-refractivity contribution is 5.15. The molecule has 5 unspecified atom stereocenters. The Morgan fingerprint density at radius 2 is 2.20 bits per heavy atom. The molecule has 2 saturated carbocycles. The Morgan fingerprint density at radius 3 is 2.73 bits per heavy atom. The number of aliphatic hydroxyl groups excluding tert-OH is 1. The Balaban J connectivity index is 2.22. The first-order valence-corrected chi connectivity index (χ1v) is 6.19. The van der Waals surface area contributed by atoms with Gasteiger partial charge in [0.2, 0.25) is 0 Å². The van der Waals surface area contributed by atoms with Gasteiger partial charge in [0.1, 0.15) is 0 Å². The topological polar surface area (TPSA) is 44.0 Å². The zero-order chi connectivity index (χ0) is 11.1. The Kier molecular flexibility index (Phi) is 2.77. The summed E-state index contributed by atoms with van der Waals surface area (Å²) in [7, 11) is 0. The van der Waals surface area contributed by atoms with Crippen LogP contribution < -0.4 is 0 Å². The monoisotopic (exact) mass is 207 g/mol. The van der Waals surface area contributed by atoms with E-state index in [1.165, 1.54) is 19.3 Å². The number of nitrogens with zero attached hydrogens (tertiary/aromatic N) is 1. The maximum atomic E-state index is 9.43. The summed E-state index contributed by atoms with van der Waals surface area (Å²) in [5.74, 6) is 2.14. The minimum absolute atomic E-state index is 0.160. The molecule has 0 heterocycles. The van der Waals surface area contributed by atoms with Crippen LogP contribution in [0.15, 0.2) is 0 Å². The first kappa shape index (κ1) is 11.0. The fourth-order valence-corrected chi connectivity index (χ4v) is 4.21. The second-order valence-corrected chi connectivity index (χ2v) is 5.57. The molecule has 2 fully saturated rings. The summed E-state index contributed by atoms with van der Waals surface area (Å²) in [6.45, 7) is 4.60. The van der Waals surface area contributed by atoms with Gasteiger partial charge in [0.15, 0.2) is 0 Å². The normalized spacial score (nSPS) is 48.1. The molecule has 0 aromatic rings. The molecule has 0 amide bonds. The van der Waals surface area contributed by atoms with Gasteiger partial charge in [0.25, 0.3) is 0 Å². The van der Waals surface area contributed by atoms with E-state index in [1.54, 1.807) is 0 Å². The van der Waals surface area contributed by atoms with Crippen LogP contribution in [-0.4, -0.2) is 11.7 Å². The molecular weight excluding hydrogens is 186 g/mol. The largest absolute Gasteiger partial charge is 0.396 e. The van der Waals surface area contributed by atoms with Crippen LogP contribution in [0.25, 0.3) is 0 Å². The van der Waals surface area contributed by atoms with E-state index >= 15 is 0 Å². The van der Waals surface area contributed by atoms with Crippen LogP contribution in [-0.2, 0) is 0 Å². The van der Waals surface area contributed by atoms with Crippen molar-refractivity contribution in [3.8, 4) is 6.07 Å². The van der Waals surface area contributed by atoms with E-state index in [9.17, 15) is 10.4 Å². The van der Waals surface area contributed by atoms with Gasteiger partial charge >= 0.3 is 0 Å². The highest BCUT2D eigenvalue weighted by Crippen LogP contribution is 2.62. The minimum atomic E-state index is -0.160. The number of rotatable bonds is 3. The average Bonchev–Trinajstić information content (AvgIpc) is 2.78. The summed E-state index contributed by atoms with van der Waals surface area (Å²) in [4.78, 5) is 0. The number of hydrogen-bond donors (Lipinski definition) is 1. The van der Waals surface area contributed by atoms with Crippen molar-refractivity contribution >= 4 is 0 Å². The molecule has 2 heteroatoms. The van der Waals surface area contributed by atoms with Crippen LogP contribution in [0, 0.1) is 40.4 Å². The molecule has 2 rings (SSSR count). The number of hydrogen-bond acceptors (Lipinski definition) is 2. The quantitative estimate of drug-likeness (QED) is 0.773. The summed E-state index contributed by atoms with van der Waals surface area (Å²) in [6, 6.07) is 2.56. The van der Waals surface area contributed by atoms with Crippen molar-refractivity contribution < 1.29 is 5.11 Å². The summed E-state index contributed by atoms with van der Waals surface area (Å²) in [5.41, 5.74) is -0.160. The lowest BCUT2D eigenvalue weighted by Crippen LogP contribution is -2.37. The van der Waals surface area contributed by atoms with E-state index in [4.69, 9.17) is 0 Å². The van der Waals surface area contributed by atoms with Gasteiger partial charge in [-0.15, -0.1) is 0 Å². The molecule has 0 aromatic heterocycles. The van der Waals surface area contributed by atoms with Gasteiger partial charge in [-0.3, -0.25) is 0 Å². The van der Waals surface area contributed by atoms with E-state index in [2.05, 4.69) is 19.9 Å². The molecular formula is C13H21NO. The third-order valence-electron chi connectivity index (χ3n) is 4.92. The van der Waals surface area contributed by atoms with Crippen LogP contribution in [0.5, 0.6) is 0 Å². The highest BCUT2D eigenvalue weighted by atomic mass is 16.3. The van der Waals surface area contributed by atoms with Crippen molar-refractivity contribution in [2.45, 2.75) is 39.5 Å². The molecule has 2 bridgehead atoms. The molecule has 1 N–H and O–H groups in total. The second-order valence-electron chi connectivity index (χ2n) is 5.57. The lowest BCUT2D eigenvalue weighted by atomic mass is 9.63. The highest BCUT2D eigenvalue weighted by Gasteiger charge is 2.58. The Labute approximate surface area is 92.3 Å². The Hall–Kier alpha value is -0.550. The molecule has 2 nitrogen and oxygen atoms in total. The first-order valence-electron chi connectivity index (χ1n) is 6.19. The van der Waals surface area contributed by atoms with E-state index in [-0.39, 0.29) is 12.0 Å². The van der Waals surface area contributed by atoms with Crippen LogP contribution in [0.4, 0.5) is 0 Å². The van der Waals surface area contributed by atoms with Crippen molar-refractivity contribution in [2.75, 3.05) is 6.61 Å². The van der Waals surface area contributed by atoms with E-state index < -0.39 is 0 Å². The van der Waals surface area contributed by atoms with Gasteiger partial charge in [-0.05, 0) is 49.9 Å². The van der Waals surface area contributed by atoms with Crippen LogP contribution in [0.2, 0.25) is 0 Å². The molecule has 2 aliphatic rings. The summed E-state index contributed by atoms with van der Waals surface area (Å²) in [5, 5.41) is 18.7. The summed E-state index contributed by atoms with van der Waals surface area (Å²) in [6.07, 6.45) is 4.70. The standard InChI is InChI=1S/C13H21NO/c1-3-4-11-9-5-10(7-15)12(6-9)13(11,2)8-14/h9-12,15H,3-7H2,1-2H3. The molecule has 15 heavy (non-hydrogen) atoms. The number of aliphatic hydroxyl groups is 1. The van der Waals surface area contributed by atoms with Crippen molar-refractivity contribution in [1.82, 2.24) is 0 Å². The summed E-state index contributed by atoms with van der Waals surface area (Å²) < 4.78 is 0. The van der Waals surface area contributed by atoms with Gasteiger partial charge in [0, 0.05) is 6.61 Å². The van der Waals surface area contributed by atoms with Gasteiger partial charge in [0.05, 0.1) is 11.5 Å². The lowest BCUT2D eigenvalue weighted by Gasteiger charge is -2.39. The molecule has 2 aliphatic carbocycles. The predicted molar refractivity (Wildman–Crippen MR) is 58.9 cm³/mol. The maximum Gasteiger partial charge on any atom is 0.0692 e. The van der Waals surface area contributed by atoms with Gasteiger partial charge in [-0.1, -0.05) is 13.3 Å². The molecule has 0 radical (unpaired) electrons. The molecule has 5 atom stereocenters. The van der Waals surface area contributed by atoms with Crippen LogP contribution >= 0.6 is 0 Å². The van der Waals surface area contributed by atoms with Crippen molar-refractivity contribution in [1.29, 1.82) is 5.26 Å². The zero-order valence-corrected chi connectivity index (χ0v) is 9.74. The minimum Gasteiger partial charge on any atom is -0.396 e. The summed E-state index contributed by atoms with van der Waals surface area (Å²) >= 11 is 0. The molecule has 0 aromatic carbocycles. The predicted octanol–water partition coefficient (Wildman–Crippen LogP) is 2.58. The van der Waals surface area contributed by atoms with Crippen molar-refractivity contribution in [2.24, 2.45) is 29.1 Å². The number of nitriles is 1. The van der Waals surface area contributed by atoms with Gasteiger partial charge in [-0.25, -0.2) is 0 Å². The third-order valence-corrected chi connectivity index (χ3v) is 4.92. The maximum absolute atomic E-state index is 9.43. The Morgan fingerprint density at radius 1 is 1.47 bits per heavy atom. The second kappa shape index (κ2) is 3.79. The zero-order valence-electron chi connectivity index (χ0n) is 9.74. The van der Waals surface area contributed by atoms with E-state index in [0.29, 0.717) is 23.7 Å². The van der Waals surface area contributed by atoms with Crippen LogP contribution in [0.3, 0.4) is 0 Å². The fraction of sp³-hybridized carbons (Fsp3) is 0.923. The molecule has 0 saturated heterocycles.